The standard InChI is InChI=1S/C21H21N3O6/c1-23-9-18(29-20(23)25)14-5-3-13(8-22-14)12-4-6-15-17(7-12)28-10-16-19(11-27-2)30-21(26)24(15)16/h3-8,16,18-19H,9-11H2,1-2H3. The molecule has 0 aliphatic carbocycles. The summed E-state index contributed by atoms with van der Waals surface area (Å²) in [4.78, 5) is 31.6. The van der Waals surface area contributed by atoms with Crippen molar-refractivity contribution in [3.05, 3.63) is 42.2 Å². The van der Waals surface area contributed by atoms with Gasteiger partial charge in [0, 0.05) is 25.9 Å². The number of amides is 2. The molecule has 156 valence electrons. The van der Waals surface area contributed by atoms with E-state index < -0.39 is 0 Å². The molecule has 30 heavy (non-hydrogen) atoms. The molecule has 3 atom stereocenters. The lowest BCUT2D eigenvalue weighted by atomic mass is 10.0. The fourth-order valence-corrected chi connectivity index (χ4v) is 4.01. The summed E-state index contributed by atoms with van der Waals surface area (Å²) in [5, 5.41) is 0. The maximum Gasteiger partial charge on any atom is 0.415 e. The molecule has 3 aliphatic heterocycles. The van der Waals surface area contributed by atoms with Crippen molar-refractivity contribution >= 4 is 17.9 Å². The number of rotatable bonds is 4. The minimum atomic E-state index is -0.388. The van der Waals surface area contributed by atoms with Gasteiger partial charge in [0.1, 0.15) is 18.4 Å². The summed E-state index contributed by atoms with van der Waals surface area (Å²) >= 11 is 0. The number of methoxy groups -OCH3 is 1. The van der Waals surface area contributed by atoms with Crippen molar-refractivity contribution in [3.63, 3.8) is 0 Å². The maximum absolute atomic E-state index is 12.4. The van der Waals surface area contributed by atoms with E-state index in [1.54, 1.807) is 25.3 Å². The molecular formula is C21H21N3O6. The lowest BCUT2D eigenvalue weighted by Crippen LogP contribution is -2.45. The lowest BCUT2D eigenvalue weighted by Gasteiger charge is -2.31. The maximum atomic E-state index is 12.4. The highest BCUT2D eigenvalue weighted by atomic mass is 16.6. The number of benzene rings is 1. The van der Waals surface area contributed by atoms with Gasteiger partial charge in [-0.15, -0.1) is 0 Å². The number of carbonyl (C=O) groups is 2. The second-order valence-electron chi connectivity index (χ2n) is 7.53. The molecule has 0 bridgehead atoms. The Morgan fingerprint density at radius 3 is 2.67 bits per heavy atom. The van der Waals surface area contributed by atoms with Crippen LogP contribution in [0.3, 0.4) is 0 Å². The second-order valence-corrected chi connectivity index (χ2v) is 7.53. The minimum Gasteiger partial charge on any atom is -0.489 e. The Labute approximate surface area is 173 Å². The van der Waals surface area contributed by atoms with E-state index in [0.717, 1.165) is 11.1 Å². The van der Waals surface area contributed by atoms with Gasteiger partial charge in [0.15, 0.2) is 12.2 Å². The van der Waals surface area contributed by atoms with Crippen molar-refractivity contribution in [2.75, 3.05) is 38.8 Å². The third-order valence-electron chi connectivity index (χ3n) is 5.61. The molecule has 0 saturated carbocycles. The first-order valence-corrected chi connectivity index (χ1v) is 9.69. The zero-order chi connectivity index (χ0) is 20.8. The third kappa shape index (κ3) is 3.02. The summed E-state index contributed by atoms with van der Waals surface area (Å²) in [5.74, 6) is 0.620. The Morgan fingerprint density at radius 2 is 1.97 bits per heavy atom. The van der Waals surface area contributed by atoms with E-state index in [4.69, 9.17) is 18.9 Å². The number of fused-ring (bicyclic) bond motifs is 3. The van der Waals surface area contributed by atoms with E-state index in [0.29, 0.717) is 36.9 Å². The van der Waals surface area contributed by atoms with Crippen LogP contribution in [0.2, 0.25) is 0 Å². The molecule has 5 rings (SSSR count). The van der Waals surface area contributed by atoms with Crippen LogP contribution in [0.15, 0.2) is 36.5 Å². The van der Waals surface area contributed by atoms with Gasteiger partial charge in [-0.3, -0.25) is 9.88 Å². The molecule has 4 heterocycles. The van der Waals surface area contributed by atoms with Crippen molar-refractivity contribution in [1.29, 1.82) is 0 Å². The molecule has 0 spiro atoms. The Hall–Kier alpha value is -3.33. The van der Waals surface area contributed by atoms with E-state index in [-0.39, 0.29) is 30.4 Å². The molecule has 0 N–H and O–H groups in total. The van der Waals surface area contributed by atoms with E-state index >= 15 is 0 Å². The number of aromatic nitrogens is 1. The zero-order valence-electron chi connectivity index (χ0n) is 16.6. The van der Waals surface area contributed by atoms with Crippen molar-refractivity contribution in [1.82, 2.24) is 9.88 Å². The fourth-order valence-electron chi connectivity index (χ4n) is 4.01. The van der Waals surface area contributed by atoms with Gasteiger partial charge in [-0.05, 0) is 23.8 Å². The molecule has 2 saturated heterocycles. The molecule has 9 nitrogen and oxygen atoms in total. The summed E-state index contributed by atoms with van der Waals surface area (Å²) < 4.78 is 21.8. The van der Waals surface area contributed by atoms with Crippen LogP contribution in [-0.2, 0) is 14.2 Å². The molecule has 2 fully saturated rings. The van der Waals surface area contributed by atoms with Crippen LogP contribution in [0, 0.1) is 0 Å². The Bertz CT molecular complexity index is 995. The number of ether oxygens (including phenoxy) is 4. The third-order valence-corrected chi connectivity index (χ3v) is 5.61. The Morgan fingerprint density at radius 1 is 1.13 bits per heavy atom. The first-order valence-electron chi connectivity index (χ1n) is 9.69. The number of anilines is 1. The predicted molar refractivity (Wildman–Crippen MR) is 105 cm³/mol. The SMILES string of the molecule is COCC1OC(=O)N2c3ccc(-c4ccc(C5CN(C)C(=O)O5)nc4)cc3OCC12. The number of cyclic esters (lactones) is 2. The molecule has 2 aromatic rings. The van der Waals surface area contributed by atoms with Crippen LogP contribution in [0.5, 0.6) is 5.75 Å². The molecule has 3 aliphatic rings. The van der Waals surface area contributed by atoms with Crippen molar-refractivity contribution < 1.29 is 28.5 Å². The topological polar surface area (TPSA) is 90.4 Å². The van der Waals surface area contributed by atoms with Crippen LogP contribution in [-0.4, -0.2) is 68.1 Å². The van der Waals surface area contributed by atoms with Crippen LogP contribution in [0.25, 0.3) is 11.1 Å². The number of nitrogens with zero attached hydrogens (tertiary/aromatic N) is 3. The number of hydrogen-bond donors (Lipinski definition) is 0. The summed E-state index contributed by atoms with van der Waals surface area (Å²) in [6.45, 7) is 1.15. The van der Waals surface area contributed by atoms with Crippen LogP contribution in [0.1, 0.15) is 11.8 Å². The summed E-state index contributed by atoms with van der Waals surface area (Å²) in [6.07, 6.45) is 0.302. The van der Waals surface area contributed by atoms with Gasteiger partial charge in [-0.2, -0.15) is 0 Å². The Balaban J connectivity index is 1.38. The predicted octanol–water partition coefficient (Wildman–Crippen LogP) is 2.60. The average molecular weight is 411 g/mol. The molecule has 9 heteroatoms. The molecule has 2 amide bonds. The monoisotopic (exact) mass is 411 g/mol. The second kappa shape index (κ2) is 7.17. The van der Waals surface area contributed by atoms with Gasteiger partial charge in [0.25, 0.3) is 0 Å². The average Bonchev–Trinajstić information content (AvgIpc) is 3.27. The Kier molecular flexibility index (Phi) is 4.47. The van der Waals surface area contributed by atoms with E-state index in [2.05, 4.69) is 4.98 Å². The van der Waals surface area contributed by atoms with E-state index in [1.165, 1.54) is 4.90 Å². The van der Waals surface area contributed by atoms with Gasteiger partial charge in [-0.25, -0.2) is 9.59 Å². The number of hydrogen-bond acceptors (Lipinski definition) is 7. The van der Waals surface area contributed by atoms with Crippen LogP contribution < -0.4 is 9.64 Å². The minimum absolute atomic E-state index is 0.205. The largest absolute Gasteiger partial charge is 0.489 e. The zero-order valence-corrected chi connectivity index (χ0v) is 16.6. The molecule has 3 unspecified atom stereocenters. The summed E-state index contributed by atoms with van der Waals surface area (Å²) in [5.41, 5.74) is 3.19. The van der Waals surface area contributed by atoms with Crippen LogP contribution in [0.4, 0.5) is 15.3 Å². The lowest BCUT2D eigenvalue weighted by molar-refractivity contribution is 0.0513. The van der Waals surface area contributed by atoms with Crippen LogP contribution >= 0.6 is 0 Å². The van der Waals surface area contributed by atoms with E-state index in [1.807, 2.05) is 30.3 Å². The first-order chi connectivity index (χ1) is 14.5. The molecular weight excluding hydrogens is 390 g/mol. The van der Waals surface area contributed by atoms with Gasteiger partial charge < -0.3 is 23.8 Å². The smallest absolute Gasteiger partial charge is 0.415 e. The summed E-state index contributed by atoms with van der Waals surface area (Å²) in [7, 11) is 3.27. The van der Waals surface area contributed by atoms with E-state index in [9.17, 15) is 9.59 Å². The molecule has 0 radical (unpaired) electrons. The summed E-state index contributed by atoms with van der Waals surface area (Å²) in [6, 6.07) is 9.25. The molecule has 1 aromatic heterocycles. The quantitative estimate of drug-likeness (QED) is 0.764. The van der Waals surface area contributed by atoms with Gasteiger partial charge in [-0.1, -0.05) is 12.1 Å². The van der Waals surface area contributed by atoms with Gasteiger partial charge in [0.2, 0.25) is 0 Å². The highest BCUT2D eigenvalue weighted by Gasteiger charge is 2.46. The van der Waals surface area contributed by atoms with Crippen molar-refractivity contribution in [2.24, 2.45) is 0 Å². The highest BCUT2D eigenvalue weighted by molar-refractivity contribution is 5.94. The first kappa shape index (κ1) is 18.7. The van der Waals surface area contributed by atoms with Crippen molar-refractivity contribution in [2.45, 2.75) is 18.2 Å². The normalized spacial score (nSPS) is 24.8. The van der Waals surface area contributed by atoms with Gasteiger partial charge in [0.05, 0.1) is 24.5 Å². The highest BCUT2D eigenvalue weighted by Crippen LogP contribution is 2.41. The number of likely N-dealkylation sites (N-methyl/N-ethyl adjacent to an activating group) is 1. The van der Waals surface area contributed by atoms with Crippen molar-refractivity contribution in [3.8, 4) is 16.9 Å². The number of carbonyl (C=O) groups excluding carboxylic acids is 2. The van der Waals surface area contributed by atoms with Gasteiger partial charge >= 0.3 is 12.2 Å². The fraction of sp³-hybridized carbons (Fsp3) is 0.381. The number of pyridine rings is 1. The molecule has 1 aromatic carbocycles.